The predicted molar refractivity (Wildman–Crippen MR) is 64.7 cm³/mol. The van der Waals surface area contributed by atoms with Crippen LogP contribution < -0.4 is 0 Å². The van der Waals surface area contributed by atoms with E-state index in [-0.39, 0.29) is 0 Å². The smallest absolute Gasteiger partial charge is 0.0184 e. The first-order chi connectivity index (χ1) is 6.92. The summed E-state index contributed by atoms with van der Waals surface area (Å²) in [7, 11) is 0. The van der Waals surface area contributed by atoms with E-state index in [0.29, 0.717) is 10.8 Å². The minimum atomic E-state index is 0.625. The highest BCUT2D eigenvalue weighted by Crippen LogP contribution is 2.77. The van der Waals surface area contributed by atoms with Crippen LogP contribution in [-0.2, 0) is 0 Å². The molecule has 3 rings (SSSR count). The molecule has 3 saturated carbocycles. The molecule has 3 aliphatic rings. The summed E-state index contributed by atoms with van der Waals surface area (Å²) in [5, 5.41) is 0. The molecule has 3 aliphatic carbocycles. The van der Waals surface area contributed by atoms with Gasteiger partial charge in [0, 0.05) is 0 Å². The first-order valence-electron chi connectivity index (χ1n) is 6.92. The molecule has 0 radical (unpaired) electrons. The van der Waals surface area contributed by atoms with Gasteiger partial charge in [-0.25, -0.2) is 0 Å². The maximum absolute atomic E-state index is 2.61. The number of hydrogen-bond acceptors (Lipinski definition) is 0. The summed E-state index contributed by atoms with van der Waals surface area (Å²) in [6.45, 7) is 10.2. The summed E-state index contributed by atoms with van der Waals surface area (Å²) in [6, 6.07) is 0. The van der Waals surface area contributed by atoms with E-state index in [4.69, 9.17) is 0 Å². The van der Waals surface area contributed by atoms with Gasteiger partial charge in [-0.2, -0.15) is 0 Å². The Balaban J connectivity index is 2.12. The van der Waals surface area contributed by atoms with Gasteiger partial charge in [-0.3, -0.25) is 0 Å². The second-order valence-electron chi connectivity index (χ2n) is 7.65. The lowest BCUT2D eigenvalue weighted by molar-refractivity contribution is 0.0560. The van der Waals surface area contributed by atoms with Gasteiger partial charge in [-0.15, -0.1) is 0 Å². The van der Waals surface area contributed by atoms with Crippen LogP contribution in [0.3, 0.4) is 0 Å². The number of rotatable bonds is 0. The molecular formula is C15H26. The van der Waals surface area contributed by atoms with Gasteiger partial charge in [-0.1, -0.05) is 34.1 Å². The second-order valence-corrected chi connectivity index (χ2v) is 7.65. The van der Waals surface area contributed by atoms with E-state index >= 15 is 0 Å². The Labute approximate surface area is 94.8 Å². The van der Waals surface area contributed by atoms with Crippen molar-refractivity contribution in [3.8, 4) is 0 Å². The van der Waals surface area contributed by atoms with Crippen LogP contribution in [0.5, 0.6) is 0 Å². The minimum Gasteiger partial charge on any atom is -0.0619 e. The van der Waals surface area contributed by atoms with Crippen molar-refractivity contribution in [1.29, 1.82) is 0 Å². The zero-order chi connectivity index (χ0) is 10.9. The highest BCUT2D eigenvalue weighted by molar-refractivity contribution is 5.18. The Kier molecular flexibility index (Phi) is 1.78. The molecule has 0 saturated heterocycles. The maximum atomic E-state index is 2.61. The van der Waals surface area contributed by atoms with Crippen molar-refractivity contribution in [2.24, 2.45) is 28.1 Å². The first kappa shape index (κ1) is 10.2. The topological polar surface area (TPSA) is 0 Å². The largest absolute Gasteiger partial charge is 0.0619 e. The molecule has 3 fully saturated rings. The Bertz CT molecular complexity index is 290. The summed E-state index contributed by atoms with van der Waals surface area (Å²) in [5.41, 5.74) is 2.06. The van der Waals surface area contributed by atoms with Gasteiger partial charge in [0.25, 0.3) is 0 Å². The summed E-state index contributed by atoms with van der Waals surface area (Å²) in [5.74, 6) is 2.03. The first-order valence-corrected chi connectivity index (χ1v) is 6.92. The van der Waals surface area contributed by atoms with Crippen molar-refractivity contribution in [2.75, 3.05) is 0 Å². The van der Waals surface area contributed by atoms with Crippen molar-refractivity contribution in [3.63, 3.8) is 0 Å². The molecule has 86 valence electrons. The molecule has 0 bridgehead atoms. The normalized spacial score (nSPS) is 56.8. The van der Waals surface area contributed by atoms with Crippen molar-refractivity contribution in [1.82, 2.24) is 0 Å². The van der Waals surface area contributed by atoms with Gasteiger partial charge >= 0.3 is 0 Å². The van der Waals surface area contributed by atoms with Crippen LogP contribution in [0.4, 0.5) is 0 Å². The molecule has 1 spiro atoms. The Hall–Kier alpha value is 0. The van der Waals surface area contributed by atoms with E-state index < -0.39 is 0 Å². The molecule has 0 heterocycles. The van der Waals surface area contributed by atoms with Gasteiger partial charge in [-0.05, 0) is 60.2 Å². The van der Waals surface area contributed by atoms with Gasteiger partial charge in [0.2, 0.25) is 0 Å². The van der Waals surface area contributed by atoms with Crippen LogP contribution in [0.15, 0.2) is 0 Å². The van der Waals surface area contributed by atoms with Gasteiger partial charge < -0.3 is 0 Å². The quantitative estimate of drug-likeness (QED) is 0.541. The zero-order valence-corrected chi connectivity index (χ0v) is 10.9. The predicted octanol–water partition coefficient (Wildman–Crippen LogP) is 4.64. The summed E-state index contributed by atoms with van der Waals surface area (Å²) in [4.78, 5) is 0. The average molecular weight is 206 g/mol. The number of hydrogen-bond donors (Lipinski definition) is 0. The third-order valence-corrected chi connectivity index (χ3v) is 6.63. The highest BCUT2D eigenvalue weighted by Gasteiger charge is 2.69. The molecule has 0 aromatic rings. The summed E-state index contributed by atoms with van der Waals surface area (Å²) in [6.07, 6.45) is 9.08. The van der Waals surface area contributed by atoms with Crippen molar-refractivity contribution in [3.05, 3.63) is 0 Å². The fraction of sp³-hybridized carbons (Fsp3) is 1.00. The molecule has 15 heavy (non-hydrogen) atoms. The molecule has 0 nitrogen and oxygen atoms in total. The van der Waals surface area contributed by atoms with E-state index in [1.54, 1.807) is 6.42 Å². The average Bonchev–Trinajstić information content (AvgIpc) is 2.70. The molecule has 0 amide bonds. The molecular weight excluding hydrogens is 180 g/mol. The van der Waals surface area contributed by atoms with Crippen molar-refractivity contribution in [2.45, 2.75) is 66.2 Å². The third-order valence-electron chi connectivity index (χ3n) is 6.63. The fourth-order valence-corrected chi connectivity index (χ4v) is 6.43. The van der Waals surface area contributed by atoms with Gasteiger partial charge in [0.1, 0.15) is 0 Å². The standard InChI is InChI=1S/C15H26/c1-11-7-9-14(4)10-13(2,3)12-6-5-8-15(11,12)14/h11-12H,5-10H2,1-4H3. The Morgan fingerprint density at radius 2 is 1.73 bits per heavy atom. The van der Waals surface area contributed by atoms with E-state index in [1.807, 2.05) is 0 Å². The van der Waals surface area contributed by atoms with Crippen LogP contribution >= 0.6 is 0 Å². The van der Waals surface area contributed by atoms with Crippen molar-refractivity contribution < 1.29 is 0 Å². The van der Waals surface area contributed by atoms with Crippen LogP contribution in [0.2, 0.25) is 0 Å². The van der Waals surface area contributed by atoms with Crippen LogP contribution in [0.25, 0.3) is 0 Å². The Morgan fingerprint density at radius 3 is 2.47 bits per heavy atom. The lowest BCUT2D eigenvalue weighted by atomic mass is 9.62. The van der Waals surface area contributed by atoms with Crippen LogP contribution in [0, 0.1) is 28.1 Å². The van der Waals surface area contributed by atoms with E-state index in [9.17, 15) is 0 Å². The molecule has 0 heteroatoms. The zero-order valence-electron chi connectivity index (χ0n) is 10.9. The van der Waals surface area contributed by atoms with Crippen LogP contribution in [-0.4, -0.2) is 0 Å². The second kappa shape index (κ2) is 2.63. The van der Waals surface area contributed by atoms with Crippen molar-refractivity contribution >= 4 is 0 Å². The lowest BCUT2D eigenvalue weighted by Gasteiger charge is -2.42. The molecule has 0 aromatic carbocycles. The molecule has 0 N–H and O–H groups in total. The minimum absolute atomic E-state index is 0.625. The summed E-state index contributed by atoms with van der Waals surface area (Å²) < 4.78 is 0. The fourth-order valence-electron chi connectivity index (χ4n) is 6.43. The maximum Gasteiger partial charge on any atom is -0.0184 e. The molecule has 0 aromatic heterocycles. The Morgan fingerprint density at radius 1 is 1.00 bits per heavy atom. The van der Waals surface area contributed by atoms with Gasteiger partial charge in [0.15, 0.2) is 0 Å². The SMILES string of the molecule is CC1CCC2(C)CC(C)(C)C3CCCC132. The summed E-state index contributed by atoms with van der Waals surface area (Å²) >= 11 is 0. The van der Waals surface area contributed by atoms with E-state index in [0.717, 1.165) is 17.3 Å². The molecule has 0 aliphatic heterocycles. The monoisotopic (exact) mass is 206 g/mol. The third kappa shape index (κ3) is 0.953. The van der Waals surface area contributed by atoms with E-state index in [1.165, 1.54) is 32.1 Å². The highest BCUT2D eigenvalue weighted by atomic mass is 14.7. The lowest BCUT2D eigenvalue weighted by Crippen LogP contribution is -2.36. The van der Waals surface area contributed by atoms with Crippen LogP contribution in [0.1, 0.15) is 66.2 Å². The molecule has 4 unspecified atom stereocenters. The molecule has 4 atom stereocenters. The van der Waals surface area contributed by atoms with Gasteiger partial charge in [0.05, 0.1) is 0 Å². The van der Waals surface area contributed by atoms with E-state index in [2.05, 4.69) is 27.7 Å².